The van der Waals surface area contributed by atoms with Gasteiger partial charge in [0.25, 0.3) is 0 Å². The molecule has 200 valence electrons. The van der Waals surface area contributed by atoms with Crippen molar-refractivity contribution in [1.82, 2.24) is 0 Å². The van der Waals surface area contributed by atoms with E-state index >= 15 is 0 Å². The number of unbranched alkanes of at least 4 members (excludes halogenated alkanes) is 1. The zero-order valence-corrected chi connectivity index (χ0v) is 27.6. The Morgan fingerprint density at radius 1 is 0.821 bits per heavy atom. The van der Waals surface area contributed by atoms with Crippen molar-refractivity contribution in [3.05, 3.63) is 76.9 Å². The number of aromatic hydroxyl groups is 1. The number of carboxylic acid groups (broad SMARTS) is 1. The molecular weight excluding hydrogens is 518 g/mol. The van der Waals surface area contributed by atoms with E-state index < -0.39 is 5.97 Å². The molecule has 0 unspecified atom stereocenters. The molecule has 7 nitrogen and oxygen atoms in total. The maximum atomic E-state index is 11.7. The molecule has 0 aromatic heterocycles. The van der Waals surface area contributed by atoms with Crippen LogP contribution in [0, 0.1) is 0 Å². The summed E-state index contributed by atoms with van der Waals surface area (Å²) in [6.45, 7) is 6.39. The van der Waals surface area contributed by atoms with Crippen LogP contribution in [0.2, 0.25) is 0 Å². The molecule has 0 spiro atoms. The van der Waals surface area contributed by atoms with Crippen LogP contribution >= 0.6 is 0 Å². The van der Waals surface area contributed by atoms with Crippen molar-refractivity contribution in [2.24, 2.45) is 0 Å². The molecule has 3 aromatic carbocycles. The second-order valence-electron chi connectivity index (χ2n) is 8.68. The zero-order valence-electron chi connectivity index (χ0n) is 25.6. The van der Waals surface area contributed by atoms with E-state index in [9.17, 15) is 19.8 Å². The Bertz CT molecular complexity index is 1260. The summed E-state index contributed by atoms with van der Waals surface area (Å²) in [4.78, 5) is 23.2. The first-order valence-electron chi connectivity index (χ1n) is 12.6. The van der Waals surface area contributed by atoms with Gasteiger partial charge in [-0.25, -0.2) is 4.79 Å². The van der Waals surface area contributed by atoms with Crippen LogP contribution in [0.4, 0.5) is 0 Å². The van der Waals surface area contributed by atoms with E-state index in [2.05, 4.69) is 6.92 Å². The van der Waals surface area contributed by atoms with Gasteiger partial charge in [0.15, 0.2) is 5.78 Å². The van der Waals surface area contributed by atoms with E-state index in [-0.39, 0.29) is 84.8 Å². The van der Waals surface area contributed by atoms with Crippen molar-refractivity contribution in [3.63, 3.8) is 0 Å². The number of ketones is 1. The molecule has 0 aliphatic rings. The van der Waals surface area contributed by atoms with Gasteiger partial charge in [0, 0.05) is 11.6 Å². The van der Waals surface area contributed by atoms with Crippen LogP contribution in [0.1, 0.15) is 74.7 Å². The van der Waals surface area contributed by atoms with Gasteiger partial charge in [0.05, 0.1) is 18.8 Å². The fourth-order valence-electron chi connectivity index (χ4n) is 4.00. The van der Waals surface area contributed by atoms with E-state index in [1.807, 2.05) is 25.1 Å². The van der Waals surface area contributed by atoms with E-state index in [1.54, 1.807) is 24.3 Å². The number of benzene rings is 3. The Hall–Kier alpha value is -2.00. The number of aryl methyl sites for hydroxylation is 1. The number of hydrogen-bond acceptors (Lipinski definition) is 6. The fourth-order valence-corrected chi connectivity index (χ4v) is 4.00. The number of Topliss-reactive ketones (excluding diaryl/α,β-unsaturated/α-hetero) is 1. The van der Waals surface area contributed by atoms with Gasteiger partial charge >= 0.3 is 65.1 Å². The van der Waals surface area contributed by atoms with Crippen LogP contribution in [-0.2, 0) is 12.8 Å². The molecule has 0 fully saturated rings. The Labute approximate surface area is 277 Å². The molecule has 0 atom stereocenters. The largest absolute Gasteiger partial charge is 1.00 e. The van der Waals surface area contributed by atoms with E-state index in [1.165, 1.54) is 19.1 Å². The second kappa shape index (κ2) is 17.6. The fraction of sp³-hybridized carbons (Fsp3) is 0.333. The van der Waals surface area contributed by atoms with E-state index in [0.29, 0.717) is 42.4 Å². The molecule has 0 heterocycles. The smallest absolute Gasteiger partial charge is 1.00 e. The zero-order chi connectivity index (χ0) is 26.8. The van der Waals surface area contributed by atoms with Crippen molar-refractivity contribution in [2.75, 3.05) is 13.2 Å². The van der Waals surface area contributed by atoms with Crippen LogP contribution in [0.15, 0.2) is 54.6 Å². The predicted molar refractivity (Wildman–Crippen MR) is 144 cm³/mol. The first-order valence-corrected chi connectivity index (χ1v) is 12.6. The molecule has 3 aromatic rings. The third-order valence-electron chi connectivity index (χ3n) is 5.92. The molecule has 0 aliphatic heterocycles. The van der Waals surface area contributed by atoms with Gasteiger partial charge in [-0.3, -0.25) is 4.79 Å². The molecule has 2 N–H and O–H groups in total. The number of rotatable bonds is 14. The molecule has 9 heteroatoms. The van der Waals surface area contributed by atoms with Crippen LogP contribution < -0.4 is 73.3 Å². The van der Waals surface area contributed by atoms with Gasteiger partial charge in [-0.05, 0) is 68.5 Å². The van der Waals surface area contributed by atoms with Crippen molar-refractivity contribution in [1.29, 1.82) is 0 Å². The van der Waals surface area contributed by atoms with Gasteiger partial charge in [0.1, 0.15) is 34.3 Å². The van der Waals surface area contributed by atoms with E-state index in [4.69, 9.17) is 14.2 Å². The minimum absolute atomic E-state index is 0. The standard InChI is InChI=1S/C30H34O7.2Na.2H/c1-4-11-22-26(14-10-15-27(22)37-28-13-7-6-12-23(28)30(33)34)35-16-8-9-17-36-29-19-25(32)24(20(3)31)18-21(29)5-2;;;;/h6-7,10,12-15,18-19,32H,4-5,8-9,11,16-17H2,1-3H3,(H,33,34);;;;/q;2*+1;2*-1. The van der Waals surface area contributed by atoms with Crippen molar-refractivity contribution < 1.29 is 96.0 Å². The number of carboxylic acids is 1. The number of phenols is 1. The van der Waals surface area contributed by atoms with Crippen LogP contribution in [0.25, 0.3) is 0 Å². The topological polar surface area (TPSA) is 102 Å². The minimum Gasteiger partial charge on any atom is -1.00 e. The summed E-state index contributed by atoms with van der Waals surface area (Å²) in [7, 11) is 0. The summed E-state index contributed by atoms with van der Waals surface area (Å²) in [5.41, 5.74) is 2.18. The van der Waals surface area contributed by atoms with Crippen molar-refractivity contribution in [2.45, 2.75) is 52.9 Å². The normalized spacial score (nSPS) is 10.1. The summed E-state index contributed by atoms with van der Waals surface area (Å²) >= 11 is 0. The molecule has 0 radical (unpaired) electrons. The summed E-state index contributed by atoms with van der Waals surface area (Å²) in [6, 6.07) is 15.3. The minimum atomic E-state index is -1.04. The Morgan fingerprint density at radius 3 is 2.05 bits per heavy atom. The number of hydrogen-bond donors (Lipinski definition) is 2. The van der Waals surface area contributed by atoms with Gasteiger partial charge in [-0.2, -0.15) is 0 Å². The van der Waals surface area contributed by atoms with Gasteiger partial charge in [-0.1, -0.05) is 38.5 Å². The molecule has 0 saturated heterocycles. The third-order valence-corrected chi connectivity index (χ3v) is 5.92. The Kier molecular flexibility index (Phi) is 15.8. The van der Waals surface area contributed by atoms with Gasteiger partial charge in [0.2, 0.25) is 0 Å². The van der Waals surface area contributed by atoms with Crippen LogP contribution in [0.5, 0.6) is 28.7 Å². The number of aromatic carboxylic acids is 1. The van der Waals surface area contributed by atoms with Gasteiger partial charge in [-0.15, -0.1) is 0 Å². The summed E-state index contributed by atoms with van der Waals surface area (Å²) < 4.78 is 18.0. The average molecular weight is 555 g/mol. The molecule has 0 saturated carbocycles. The predicted octanol–water partition coefficient (Wildman–Crippen LogP) is 1.07. The second-order valence-corrected chi connectivity index (χ2v) is 8.68. The van der Waals surface area contributed by atoms with Crippen LogP contribution in [0.3, 0.4) is 0 Å². The first-order chi connectivity index (χ1) is 17.8. The molecule has 3 rings (SSSR count). The van der Waals surface area contributed by atoms with Crippen LogP contribution in [-0.4, -0.2) is 35.2 Å². The molecule has 0 amide bonds. The molecular formula is C30H36Na2O7. The summed E-state index contributed by atoms with van der Waals surface area (Å²) in [5.74, 6) is 0.873. The number of ether oxygens (including phenoxy) is 3. The molecule has 39 heavy (non-hydrogen) atoms. The molecule has 0 aliphatic carbocycles. The Balaban J connectivity index is 0. The summed E-state index contributed by atoms with van der Waals surface area (Å²) in [6.07, 6.45) is 3.78. The quantitative estimate of drug-likeness (QED) is 0.175. The maximum absolute atomic E-state index is 11.7. The van der Waals surface area contributed by atoms with E-state index in [0.717, 1.165) is 36.8 Å². The SMILES string of the molecule is CCCc1c(OCCCCOc2cc(O)c(C(C)=O)cc2CC)cccc1Oc1ccccc1C(=O)O.[H-].[H-].[Na+].[Na+]. The van der Waals surface area contributed by atoms with Gasteiger partial charge < -0.3 is 27.3 Å². The average Bonchev–Trinajstić information content (AvgIpc) is 2.87. The third kappa shape index (κ3) is 9.85. The summed E-state index contributed by atoms with van der Waals surface area (Å²) in [5, 5.41) is 19.6. The maximum Gasteiger partial charge on any atom is 1.00 e. The number of para-hydroxylation sites is 1. The van der Waals surface area contributed by atoms with Crippen molar-refractivity contribution in [3.8, 4) is 28.7 Å². The number of phenolic OH excluding ortho intramolecular Hbond substituents is 1. The first kappa shape index (κ1) is 35.0. The Morgan fingerprint density at radius 2 is 1.44 bits per heavy atom. The number of carbonyl (C=O) groups is 2. The van der Waals surface area contributed by atoms with Crippen molar-refractivity contribution >= 4 is 11.8 Å². The molecule has 0 bridgehead atoms. The monoisotopic (exact) mass is 554 g/mol. The number of carbonyl (C=O) groups excluding carboxylic acids is 1.